The van der Waals surface area contributed by atoms with Crippen LogP contribution in [0, 0.1) is 11.8 Å². The second-order valence-electron chi connectivity index (χ2n) is 8.15. The van der Waals surface area contributed by atoms with Crippen molar-refractivity contribution in [3.63, 3.8) is 0 Å². The molecule has 146 valence electrons. The Morgan fingerprint density at radius 2 is 2.12 bits per heavy atom. The third-order valence-electron chi connectivity index (χ3n) is 4.25. The molecular weight excluding hydrogens is 376 g/mol. The van der Waals surface area contributed by atoms with Gasteiger partial charge in [0.05, 0.1) is 19.1 Å². The molecule has 0 spiro atoms. The number of halogens is 1. The predicted octanol–water partition coefficient (Wildman–Crippen LogP) is 3.75. The maximum absolute atomic E-state index is 13.1. The van der Waals surface area contributed by atoms with Crippen LogP contribution in [0.4, 0.5) is 0 Å². The van der Waals surface area contributed by atoms with Gasteiger partial charge >= 0.3 is 11.9 Å². The smallest absolute Gasteiger partial charge is 0.326 e. The van der Waals surface area contributed by atoms with Crippen LogP contribution in [0.15, 0.2) is 6.20 Å². The molecule has 2 rings (SSSR count). The van der Waals surface area contributed by atoms with Crippen LogP contribution in [-0.4, -0.2) is 35.2 Å². The monoisotopic (exact) mass is 402 g/mol. The summed E-state index contributed by atoms with van der Waals surface area (Å²) in [5, 5.41) is 3.39. The Morgan fingerprint density at radius 1 is 1.46 bits per heavy atom. The number of hydrogen-bond donors (Lipinski definition) is 1. The number of carbonyl (C=O) groups is 2. The minimum atomic E-state index is -0.957. The lowest BCUT2D eigenvalue weighted by Gasteiger charge is -2.33. The van der Waals surface area contributed by atoms with E-state index in [0.29, 0.717) is 17.3 Å². The third-order valence-corrected chi connectivity index (χ3v) is 5.45. The Morgan fingerprint density at radius 3 is 2.58 bits per heavy atom. The summed E-state index contributed by atoms with van der Waals surface area (Å²) in [5.74, 6) is -0.980. The molecule has 0 unspecified atom stereocenters. The molecular formula is C18H27ClN2O4S. The minimum absolute atomic E-state index is 0.233. The summed E-state index contributed by atoms with van der Waals surface area (Å²) in [5.41, 5.74) is -1.57. The van der Waals surface area contributed by atoms with E-state index in [-0.39, 0.29) is 17.9 Å². The number of rotatable bonds is 5. The van der Waals surface area contributed by atoms with Crippen LogP contribution < -0.4 is 5.32 Å². The van der Waals surface area contributed by atoms with E-state index in [1.165, 1.54) is 18.4 Å². The molecule has 0 radical (unpaired) electrons. The predicted molar refractivity (Wildman–Crippen MR) is 101 cm³/mol. The number of hydrogen-bond acceptors (Lipinski definition) is 7. The Hall–Kier alpha value is -1.18. The Kier molecular flexibility index (Phi) is 6.36. The van der Waals surface area contributed by atoms with Crippen LogP contribution in [0.25, 0.3) is 0 Å². The molecule has 0 saturated carbocycles. The van der Waals surface area contributed by atoms with E-state index in [4.69, 9.17) is 21.1 Å². The molecule has 3 atom stereocenters. The molecule has 1 fully saturated rings. The van der Waals surface area contributed by atoms with E-state index in [1.54, 1.807) is 6.20 Å². The van der Waals surface area contributed by atoms with Gasteiger partial charge < -0.3 is 9.47 Å². The first-order valence-corrected chi connectivity index (χ1v) is 9.87. The summed E-state index contributed by atoms with van der Waals surface area (Å²) in [6.07, 6.45) is 2.51. The van der Waals surface area contributed by atoms with Crippen molar-refractivity contribution in [2.24, 2.45) is 11.8 Å². The lowest BCUT2D eigenvalue weighted by Crippen LogP contribution is -2.51. The molecule has 1 saturated heterocycles. The third kappa shape index (κ3) is 4.75. The van der Waals surface area contributed by atoms with Gasteiger partial charge in [0.15, 0.2) is 4.47 Å². The molecule has 1 aromatic heterocycles. The van der Waals surface area contributed by atoms with Gasteiger partial charge in [0.25, 0.3) is 0 Å². The zero-order valence-corrected chi connectivity index (χ0v) is 17.7. The van der Waals surface area contributed by atoms with Gasteiger partial charge in [-0.25, -0.2) is 4.98 Å². The second-order valence-corrected chi connectivity index (χ2v) is 9.80. The highest BCUT2D eigenvalue weighted by molar-refractivity contribution is 7.15. The van der Waals surface area contributed by atoms with Gasteiger partial charge in [-0.2, -0.15) is 0 Å². The summed E-state index contributed by atoms with van der Waals surface area (Å²) < 4.78 is 11.1. The molecule has 1 aromatic rings. The van der Waals surface area contributed by atoms with E-state index in [2.05, 4.69) is 10.3 Å². The van der Waals surface area contributed by atoms with E-state index in [0.717, 1.165) is 4.88 Å². The first-order valence-electron chi connectivity index (χ1n) is 8.67. The lowest BCUT2D eigenvalue weighted by atomic mass is 9.84. The number of ether oxygens (including phenoxy) is 2. The average molecular weight is 403 g/mol. The van der Waals surface area contributed by atoms with Crippen LogP contribution in [0.5, 0.6) is 0 Å². The van der Waals surface area contributed by atoms with Crippen molar-refractivity contribution < 1.29 is 19.1 Å². The summed E-state index contributed by atoms with van der Waals surface area (Å²) in [4.78, 5) is 30.4. The number of esters is 2. The largest absolute Gasteiger partial charge is 0.469 e. The van der Waals surface area contributed by atoms with Crippen molar-refractivity contribution in [3.8, 4) is 0 Å². The summed E-state index contributed by atoms with van der Waals surface area (Å²) in [7, 11) is 1.36. The molecule has 6 nitrogen and oxygen atoms in total. The Bertz CT molecular complexity index is 670. The molecule has 1 aliphatic heterocycles. The number of nitrogens with zero attached hydrogens (tertiary/aromatic N) is 1. The van der Waals surface area contributed by atoms with E-state index in [1.807, 2.05) is 34.6 Å². The van der Waals surface area contributed by atoms with Crippen LogP contribution in [0.2, 0.25) is 4.47 Å². The van der Waals surface area contributed by atoms with Crippen molar-refractivity contribution in [2.45, 2.75) is 64.6 Å². The Labute approximate surface area is 163 Å². The number of nitrogens with one attached hydrogen (secondary N) is 1. The fraction of sp³-hybridized carbons (Fsp3) is 0.722. The van der Waals surface area contributed by atoms with E-state index in [9.17, 15) is 9.59 Å². The van der Waals surface area contributed by atoms with Crippen molar-refractivity contribution in [1.29, 1.82) is 0 Å². The van der Waals surface area contributed by atoms with E-state index >= 15 is 0 Å². The summed E-state index contributed by atoms with van der Waals surface area (Å²) >= 11 is 7.27. The average Bonchev–Trinajstić information content (AvgIpc) is 3.09. The number of aromatic nitrogens is 1. The molecule has 1 N–H and O–H groups in total. The molecule has 26 heavy (non-hydrogen) atoms. The quantitative estimate of drug-likeness (QED) is 0.756. The Balaban J connectivity index is 2.42. The number of thiazole rings is 1. The van der Waals surface area contributed by atoms with Crippen molar-refractivity contribution in [1.82, 2.24) is 10.3 Å². The van der Waals surface area contributed by atoms with Gasteiger partial charge in [0.1, 0.15) is 11.1 Å². The highest BCUT2D eigenvalue weighted by Crippen LogP contribution is 2.44. The summed E-state index contributed by atoms with van der Waals surface area (Å²) in [6.45, 7) is 9.58. The maximum Gasteiger partial charge on any atom is 0.326 e. The zero-order chi connectivity index (χ0) is 19.7. The molecule has 2 heterocycles. The fourth-order valence-electron chi connectivity index (χ4n) is 3.44. The van der Waals surface area contributed by atoms with Gasteiger partial charge in [0.2, 0.25) is 0 Å². The highest BCUT2D eigenvalue weighted by atomic mass is 35.5. The number of carbonyl (C=O) groups excluding carboxylic acids is 2. The van der Waals surface area contributed by atoms with Gasteiger partial charge in [-0.05, 0) is 39.5 Å². The van der Waals surface area contributed by atoms with Crippen molar-refractivity contribution >= 4 is 34.9 Å². The van der Waals surface area contributed by atoms with Crippen LogP contribution in [0.3, 0.4) is 0 Å². The van der Waals surface area contributed by atoms with Gasteiger partial charge in [-0.1, -0.05) is 25.4 Å². The molecule has 1 aliphatic rings. The lowest BCUT2D eigenvalue weighted by molar-refractivity contribution is -0.163. The minimum Gasteiger partial charge on any atom is -0.469 e. The van der Waals surface area contributed by atoms with Crippen LogP contribution in [0.1, 0.15) is 58.4 Å². The van der Waals surface area contributed by atoms with Gasteiger partial charge in [-0.15, -0.1) is 11.3 Å². The van der Waals surface area contributed by atoms with Crippen molar-refractivity contribution in [2.75, 3.05) is 7.11 Å². The topological polar surface area (TPSA) is 77.5 Å². The second kappa shape index (κ2) is 7.82. The molecule has 0 amide bonds. The van der Waals surface area contributed by atoms with Gasteiger partial charge in [0, 0.05) is 11.1 Å². The molecule has 8 heteroatoms. The van der Waals surface area contributed by atoms with Crippen LogP contribution in [-0.2, 0) is 19.1 Å². The van der Waals surface area contributed by atoms with Gasteiger partial charge in [-0.3, -0.25) is 14.9 Å². The van der Waals surface area contributed by atoms with E-state index < -0.39 is 23.1 Å². The summed E-state index contributed by atoms with van der Waals surface area (Å²) in [6, 6.07) is -0.390. The number of methoxy groups -OCH3 is 1. The van der Waals surface area contributed by atoms with Crippen molar-refractivity contribution in [3.05, 3.63) is 15.5 Å². The standard InChI is InChI=1S/C18H27ClN2O4S/c1-10(2)7-18(15(23)25-17(3,4)5)8-11(14(22)24-6)13(21-18)12-9-20-16(19)26-12/h9-11,13,21H,7-8H2,1-6H3/t11-,13+,18-/m0/s1. The van der Waals surface area contributed by atoms with Crippen LogP contribution >= 0.6 is 22.9 Å². The normalized spacial score (nSPS) is 26.2. The first kappa shape index (κ1) is 21.1. The molecule has 0 aromatic carbocycles. The maximum atomic E-state index is 13.1. The SMILES string of the molecule is COC(=O)[C@H]1C[C@@](CC(C)C)(C(=O)OC(C)(C)C)N[C@H]1c1cnc(Cl)s1. The molecule has 0 bridgehead atoms. The first-order chi connectivity index (χ1) is 12.0. The zero-order valence-electron chi connectivity index (χ0n) is 16.1. The molecule has 0 aliphatic carbocycles. The highest BCUT2D eigenvalue weighted by Gasteiger charge is 2.55. The fourth-order valence-corrected chi connectivity index (χ4v) is 4.51.